The summed E-state index contributed by atoms with van der Waals surface area (Å²) in [5, 5.41) is 13.0. The second-order valence-corrected chi connectivity index (χ2v) is 4.47. The molecule has 1 amide bonds. The Morgan fingerprint density at radius 2 is 2.15 bits per heavy atom. The molecule has 0 spiro atoms. The summed E-state index contributed by atoms with van der Waals surface area (Å²) in [7, 11) is 1.51. The third-order valence-corrected chi connectivity index (χ3v) is 3.15. The van der Waals surface area contributed by atoms with Crippen LogP contribution in [-0.2, 0) is 7.05 Å². The van der Waals surface area contributed by atoms with E-state index in [0.29, 0.717) is 0 Å². The van der Waals surface area contributed by atoms with Crippen LogP contribution >= 0.6 is 23.2 Å². The highest BCUT2D eigenvalue weighted by atomic mass is 35.5. The van der Waals surface area contributed by atoms with E-state index in [1.54, 1.807) is 0 Å². The number of carbonyl (C=O) groups excluding carboxylic acids is 1. The summed E-state index contributed by atoms with van der Waals surface area (Å²) in [5.74, 6) is -0.571. The molecule has 0 saturated heterocycles. The van der Waals surface area contributed by atoms with Crippen LogP contribution in [0.3, 0.4) is 0 Å². The Kier molecular flexibility index (Phi) is 3.86. The summed E-state index contributed by atoms with van der Waals surface area (Å²) >= 11 is 11.5. The number of halogens is 2. The highest BCUT2D eigenvalue weighted by Gasteiger charge is 2.19. The van der Waals surface area contributed by atoms with Crippen LogP contribution in [0.15, 0.2) is 18.6 Å². The van der Waals surface area contributed by atoms with Crippen molar-refractivity contribution in [1.29, 1.82) is 0 Å². The van der Waals surface area contributed by atoms with Crippen molar-refractivity contribution in [2.24, 2.45) is 7.05 Å². The van der Waals surface area contributed by atoms with E-state index in [0.717, 1.165) is 12.4 Å². The minimum Gasteiger partial charge on any atom is -0.340 e. The van der Waals surface area contributed by atoms with Gasteiger partial charge in [-0.25, -0.2) is 9.97 Å². The largest absolute Gasteiger partial charge is 0.340 e. The van der Waals surface area contributed by atoms with Crippen LogP contribution < -0.4 is 5.32 Å². The number of carbonyl (C=O) groups is 1. The van der Waals surface area contributed by atoms with Crippen molar-refractivity contribution < 1.29 is 9.72 Å². The molecule has 20 heavy (non-hydrogen) atoms. The molecule has 0 bridgehead atoms. The maximum atomic E-state index is 12.0. The van der Waals surface area contributed by atoms with Gasteiger partial charge in [0.05, 0.1) is 11.1 Å². The van der Waals surface area contributed by atoms with Gasteiger partial charge in [0, 0.05) is 13.1 Å². The van der Waals surface area contributed by atoms with Gasteiger partial charge in [-0.3, -0.25) is 14.9 Å². The lowest BCUT2D eigenvalue weighted by atomic mass is 10.4. The van der Waals surface area contributed by atoms with Gasteiger partial charge in [0.25, 0.3) is 11.6 Å². The van der Waals surface area contributed by atoms with Gasteiger partial charge < -0.3 is 9.88 Å². The molecule has 2 aromatic rings. The first kappa shape index (κ1) is 14.2. The van der Waals surface area contributed by atoms with Crippen LogP contribution in [0.5, 0.6) is 0 Å². The minimum atomic E-state index is -0.600. The average molecular weight is 316 g/mol. The van der Waals surface area contributed by atoms with Crippen LogP contribution in [0.25, 0.3) is 0 Å². The Hall–Kier alpha value is -2.19. The second-order valence-electron chi connectivity index (χ2n) is 3.73. The van der Waals surface area contributed by atoms with Crippen molar-refractivity contribution in [3.05, 3.63) is 44.6 Å². The van der Waals surface area contributed by atoms with Crippen molar-refractivity contribution >= 4 is 40.6 Å². The third kappa shape index (κ3) is 2.70. The molecule has 0 aliphatic heterocycles. The zero-order valence-corrected chi connectivity index (χ0v) is 11.5. The van der Waals surface area contributed by atoms with Gasteiger partial charge in [-0.2, -0.15) is 0 Å². The fourth-order valence-corrected chi connectivity index (χ4v) is 1.76. The van der Waals surface area contributed by atoms with Crippen molar-refractivity contribution in [2.75, 3.05) is 5.32 Å². The van der Waals surface area contributed by atoms with Gasteiger partial charge in [0.2, 0.25) is 0 Å². The van der Waals surface area contributed by atoms with E-state index in [4.69, 9.17) is 23.2 Å². The maximum absolute atomic E-state index is 12.0. The Labute approximate surface area is 122 Å². The summed E-state index contributed by atoms with van der Waals surface area (Å²) in [5.41, 5.74) is -0.105. The fourth-order valence-electron chi connectivity index (χ4n) is 1.48. The monoisotopic (exact) mass is 315 g/mol. The summed E-state index contributed by atoms with van der Waals surface area (Å²) in [6.45, 7) is 0. The van der Waals surface area contributed by atoms with Crippen LogP contribution in [0.1, 0.15) is 10.5 Å². The molecule has 1 N–H and O–H groups in total. The summed E-state index contributed by atoms with van der Waals surface area (Å²) < 4.78 is 1.32. The van der Waals surface area contributed by atoms with E-state index in [2.05, 4.69) is 15.3 Å². The number of nitrogens with zero attached hydrogens (tertiary/aromatic N) is 4. The molecule has 2 aromatic heterocycles. The molecule has 0 radical (unpaired) electrons. The Morgan fingerprint density at radius 3 is 2.75 bits per heavy atom. The van der Waals surface area contributed by atoms with Crippen molar-refractivity contribution in [2.45, 2.75) is 0 Å². The number of nitro groups is 1. The maximum Gasteiger partial charge on any atom is 0.287 e. The topological polar surface area (TPSA) is 103 Å². The first-order valence-corrected chi connectivity index (χ1v) is 5.94. The highest BCUT2D eigenvalue weighted by Crippen LogP contribution is 2.26. The number of anilines is 1. The molecule has 0 saturated carbocycles. The fraction of sp³-hybridized carbons (Fsp3) is 0.100. The molecule has 0 atom stereocenters. The number of aryl methyl sites for hydroxylation is 1. The summed E-state index contributed by atoms with van der Waals surface area (Å²) in [6.07, 6.45) is 2.36. The molecule has 0 aliphatic carbocycles. The second kappa shape index (κ2) is 5.43. The van der Waals surface area contributed by atoms with Gasteiger partial charge in [0.15, 0.2) is 11.0 Å². The van der Waals surface area contributed by atoms with E-state index in [-0.39, 0.29) is 27.4 Å². The molecule has 2 heterocycles. The Morgan fingerprint density at radius 1 is 1.45 bits per heavy atom. The van der Waals surface area contributed by atoms with Gasteiger partial charge in [-0.1, -0.05) is 23.2 Å². The predicted octanol–water partition coefficient (Wildman–Crippen LogP) is 2.28. The SMILES string of the molecule is Cn1cc([N+](=O)[O-])cc1C(=O)Nc1ncnc(Cl)c1Cl. The van der Waals surface area contributed by atoms with Gasteiger partial charge in [0.1, 0.15) is 17.0 Å². The first-order valence-electron chi connectivity index (χ1n) is 5.18. The lowest BCUT2D eigenvalue weighted by molar-refractivity contribution is -0.384. The molecule has 10 heteroatoms. The number of amides is 1. The lowest BCUT2D eigenvalue weighted by Crippen LogP contribution is -2.16. The zero-order valence-electron chi connectivity index (χ0n) is 10.0. The number of hydrogen-bond donors (Lipinski definition) is 1. The molecule has 0 aromatic carbocycles. The van der Waals surface area contributed by atoms with E-state index in [1.165, 1.54) is 17.8 Å². The smallest absolute Gasteiger partial charge is 0.287 e. The predicted molar refractivity (Wildman–Crippen MR) is 72.1 cm³/mol. The third-order valence-electron chi connectivity index (χ3n) is 2.41. The van der Waals surface area contributed by atoms with Crippen molar-refractivity contribution in [1.82, 2.24) is 14.5 Å². The summed E-state index contributed by atoms with van der Waals surface area (Å²) in [6, 6.07) is 1.14. The first-order chi connectivity index (χ1) is 9.40. The van der Waals surface area contributed by atoms with E-state index >= 15 is 0 Å². The van der Waals surface area contributed by atoms with Crippen molar-refractivity contribution in [3.8, 4) is 0 Å². The van der Waals surface area contributed by atoms with Gasteiger partial charge in [-0.15, -0.1) is 0 Å². The molecule has 0 fully saturated rings. The van der Waals surface area contributed by atoms with E-state index < -0.39 is 10.8 Å². The zero-order chi connectivity index (χ0) is 14.9. The number of rotatable bonds is 3. The Balaban J connectivity index is 2.28. The highest BCUT2D eigenvalue weighted by molar-refractivity contribution is 6.43. The molecule has 0 aliphatic rings. The standard InChI is InChI=1S/C10H7Cl2N5O3/c1-16-3-5(17(19)20)2-6(16)10(18)15-9-7(11)8(12)13-4-14-9/h2-4H,1H3,(H,13,14,15,18). The molecule has 104 valence electrons. The Bertz CT molecular complexity index is 700. The quantitative estimate of drug-likeness (QED) is 0.531. The number of aromatic nitrogens is 3. The van der Waals surface area contributed by atoms with Gasteiger partial charge in [-0.05, 0) is 0 Å². The molecular formula is C10H7Cl2N5O3. The van der Waals surface area contributed by atoms with E-state index in [9.17, 15) is 14.9 Å². The van der Waals surface area contributed by atoms with Crippen LogP contribution in [0.4, 0.5) is 11.5 Å². The lowest BCUT2D eigenvalue weighted by Gasteiger charge is -2.06. The summed E-state index contributed by atoms with van der Waals surface area (Å²) in [4.78, 5) is 29.5. The average Bonchev–Trinajstić information content (AvgIpc) is 2.77. The molecular weight excluding hydrogens is 309 g/mol. The normalized spacial score (nSPS) is 10.3. The van der Waals surface area contributed by atoms with Gasteiger partial charge >= 0.3 is 0 Å². The molecule has 2 rings (SSSR count). The van der Waals surface area contributed by atoms with Crippen molar-refractivity contribution in [3.63, 3.8) is 0 Å². The minimum absolute atomic E-state index is 0.00479. The van der Waals surface area contributed by atoms with E-state index in [1.807, 2.05) is 0 Å². The van der Waals surface area contributed by atoms with Crippen LogP contribution in [0, 0.1) is 10.1 Å². The van der Waals surface area contributed by atoms with Crippen LogP contribution in [0.2, 0.25) is 10.2 Å². The number of nitrogens with one attached hydrogen (secondary N) is 1. The molecule has 0 unspecified atom stereocenters. The molecule has 8 nitrogen and oxygen atoms in total. The number of hydrogen-bond acceptors (Lipinski definition) is 5. The van der Waals surface area contributed by atoms with Crippen LogP contribution in [-0.4, -0.2) is 25.4 Å².